The van der Waals surface area contributed by atoms with Crippen LogP contribution in [-0.4, -0.2) is 31.6 Å². The number of hydrogen-bond donors (Lipinski definition) is 1. The molecule has 0 atom stereocenters. The molecule has 0 spiro atoms. The number of alkyl halides is 2. The quantitative estimate of drug-likeness (QED) is 0.645. The molecule has 1 heterocycles. The minimum Gasteiger partial charge on any atom is -0.490 e. The number of carbonyl (C=O) groups is 2. The minimum absolute atomic E-state index is 0.0678. The predicted molar refractivity (Wildman–Crippen MR) is 110 cm³/mol. The molecular weight excluding hydrogens is 394 g/mol. The fraction of sp³-hybridized carbons (Fsp3) is 0.273. The summed E-state index contributed by atoms with van der Waals surface area (Å²) >= 11 is 0. The van der Waals surface area contributed by atoms with Crippen LogP contribution >= 0.6 is 0 Å². The molecule has 3 rings (SSSR count). The molecule has 0 radical (unpaired) electrons. The second-order valence-electron chi connectivity index (χ2n) is 6.54. The summed E-state index contributed by atoms with van der Waals surface area (Å²) in [7, 11) is 0. The zero-order chi connectivity index (χ0) is 21.5. The summed E-state index contributed by atoms with van der Waals surface area (Å²) in [5.74, 6) is -0.196. The molecule has 8 heteroatoms. The monoisotopic (exact) mass is 416 g/mol. The van der Waals surface area contributed by atoms with E-state index in [-0.39, 0.29) is 29.9 Å². The van der Waals surface area contributed by atoms with E-state index in [0.29, 0.717) is 24.2 Å². The van der Waals surface area contributed by atoms with Crippen molar-refractivity contribution < 1.29 is 27.8 Å². The number of hydrogen-bond acceptors (Lipinski definition) is 4. The first-order valence-corrected chi connectivity index (χ1v) is 9.57. The van der Waals surface area contributed by atoms with Crippen LogP contribution in [0.2, 0.25) is 0 Å². The lowest BCUT2D eigenvalue weighted by Gasteiger charge is -2.16. The van der Waals surface area contributed by atoms with Crippen LogP contribution in [0.15, 0.2) is 48.5 Å². The van der Waals surface area contributed by atoms with Crippen LogP contribution in [0.5, 0.6) is 11.5 Å². The summed E-state index contributed by atoms with van der Waals surface area (Å²) in [6.07, 6.45) is 4.22. The van der Waals surface area contributed by atoms with Gasteiger partial charge in [-0.2, -0.15) is 8.78 Å². The zero-order valence-electron chi connectivity index (χ0n) is 16.4. The Morgan fingerprint density at radius 3 is 2.77 bits per heavy atom. The van der Waals surface area contributed by atoms with E-state index >= 15 is 0 Å². The third-order valence-corrected chi connectivity index (χ3v) is 4.41. The number of anilines is 2. The lowest BCUT2D eigenvalue weighted by atomic mass is 10.2. The second-order valence-corrected chi connectivity index (χ2v) is 6.54. The first kappa shape index (κ1) is 21.3. The van der Waals surface area contributed by atoms with Gasteiger partial charge in [-0.3, -0.25) is 9.59 Å². The molecule has 0 aromatic heterocycles. The Hall–Kier alpha value is -3.42. The van der Waals surface area contributed by atoms with Crippen molar-refractivity contribution >= 4 is 29.3 Å². The SMILES string of the molecule is CCOc1cc(/C=C/C(=O)Nc2cccc(N3CCCC3=O)c2)ccc1OC(F)F. The normalized spacial score (nSPS) is 13.9. The van der Waals surface area contributed by atoms with Gasteiger partial charge in [0, 0.05) is 30.4 Å². The van der Waals surface area contributed by atoms with Gasteiger partial charge in [0.05, 0.1) is 6.61 Å². The fourth-order valence-electron chi connectivity index (χ4n) is 3.12. The van der Waals surface area contributed by atoms with E-state index in [4.69, 9.17) is 4.74 Å². The standard InChI is InChI=1S/C22H22F2N2O4/c1-2-29-19-13-15(8-10-18(19)30-22(23)24)9-11-20(27)25-16-5-3-6-17(14-16)26-12-4-7-21(26)28/h3,5-6,8-11,13-14,22H,2,4,7,12H2,1H3,(H,25,27)/b11-9+. The number of ether oxygens (including phenoxy) is 2. The number of halogens is 2. The maximum absolute atomic E-state index is 12.5. The van der Waals surface area contributed by atoms with Crippen molar-refractivity contribution in [1.29, 1.82) is 0 Å². The molecular formula is C22H22F2N2O4. The number of nitrogens with zero attached hydrogens (tertiary/aromatic N) is 1. The van der Waals surface area contributed by atoms with Gasteiger partial charge in [0.2, 0.25) is 11.8 Å². The van der Waals surface area contributed by atoms with E-state index in [1.165, 1.54) is 24.3 Å². The molecule has 0 unspecified atom stereocenters. The number of benzene rings is 2. The molecule has 30 heavy (non-hydrogen) atoms. The summed E-state index contributed by atoms with van der Waals surface area (Å²) < 4.78 is 34.7. The van der Waals surface area contributed by atoms with Gasteiger partial charge in [0.25, 0.3) is 0 Å². The molecule has 1 N–H and O–H groups in total. The van der Waals surface area contributed by atoms with Crippen LogP contribution in [-0.2, 0) is 9.59 Å². The van der Waals surface area contributed by atoms with Crippen LogP contribution in [0.25, 0.3) is 6.08 Å². The van der Waals surface area contributed by atoms with E-state index in [1.54, 1.807) is 36.1 Å². The smallest absolute Gasteiger partial charge is 0.387 e. The van der Waals surface area contributed by atoms with Crippen molar-refractivity contribution in [2.75, 3.05) is 23.4 Å². The van der Waals surface area contributed by atoms with Crippen LogP contribution in [0.1, 0.15) is 25.3 Å². The summed E-state index contributed by atoms with van der Waals surface area (Å²) in [6.45, 7) is -0.276. The Morgan fingerprint density at radius 2 is 2.07 bits per heavy atom. The van der Waals surface area contributed by atoms with Crippen LogP contribution in [0.4, 0.5) is 20.2 Å². The molecule has 0 bridgehead atoms. The van der Waals surface area contributed by atoms with Crippen LogP contribution in [0, 0.1) is 0 Å². The van der Waals surface area contributed by atoms with E-state index in [9.17, 15) is 18.4 Å². The topological polar surface area (TPSA) is 67.9 Å². The molecule has 1 aliphatic heterocycles. The maximum atomic E-state index is 12.5. The Bertz CT molecular complexity index is 946. The van der Waals surface area contributed by atoms with E-state index in [1.807, 2.05) is 6.07 Å². The summed E-state index contributed by atoms with van der Waals surface area (Å²) in [6, 6.07) is 11.5. The lowest BCUT2D eigenvalue weighted by Crippen LogP contribution is -2.23. The highest BCUT2D eigenvalue weighted by molar-refractivity contribution is 6.02. The fourth-order valence-corrected chi connectivity index (χ4v) is 3.12. The highest BCUT2D eigenvalue weighted by Gasteiger charge is 2.21. The van der Waals surface area contributed by atoms with Crippen molar-refractivity contribution in [1.82, 2.24) is 0 Å². The average molecular weight is 416 g/mol. The third kappa shape index (κ3) is 5.56. The minimum atomic E-state index is -2.96. The Morgan fingerprint density at radius 1 is 1.23 bits per heavy atom. The van der Waals surface area contributed by atoms with Gasteiger partial charge in [-0.25, -0.2) is 0 Å². The van der Waals surface area contributed by atoms with Crippen molar-refractivity contribution in [3.8, 4) is 11.5 Å². The predicted octanol–water partition coefficient (Wildman–Crippen LogP) is 4.47. The number of nitrogens with one attached hydrogen (secondary N) is 1. The second kappa shape index (κ2) is 9.87. The first-order valence-electron chi connectivity index (χ1n) is 9.57. The van der Waals surface area contributed by atoms with Crippen molar-refractivity contribution in [3.63, 3.8) is 0 Å². The largest absolute Gasteiger partial charge is 0.490 e. The van der Waals surface area contributed by atoms with E-state index in [0.717, 1.165) is 12.1 Å². The van der Waals surface area contributed by atoms with Gasteiger partial charge in [0.15, 0.2) is 11.5 Å². The number of carbonyl (C=O) groups excluding carboxylic acids is 2. The molecule has 0 saturated carbocycles. The molecule has 2 aromatic carbocycles. The summed E-state index contributed by atoms with van der Waals surface area (Å²) in [4.78, 5) is 25.9. The van der Waals surface area contributed by atoms with Crippen LogP contribution in [0.3, 0.4) is 0 Å². The molecule has 158 valence electrons. The molecule has 1 aliphatic rings. The summed E-state index contributed by atoms with van der Waals surface area (Å²) in [5.41, 5.74) is 1.90. The maximum Gasteiger partial charge on any atom is 0.387 e. The molecule has 1 fully saturated rings. The first-order chi connectivity index (χ1) is 14.5. The highest BCUT2D eigenvalue weighted by Crippen LogP contribution is 2.30. The number of rotatable bonds is 8. The van der Waals surface area contributed by atoms with Crippen molar-refractivity contribution in [2.24, 2.45) is 0 Å². The van der Waals surface area contributed by atoms with Gasteiger partial charge in [-0.1, -0.05) is 12.1 Å². The van der Waals surface area contributed by atoms with Gasteiger partial charge < -0.3 is 19.7 Å². The highest BCUT2D eigenvalue weighted by atomic mass is 19.3. The van der Waals surface area contributed by atoms with E-state index < -0.39 is 6.61 Å². The van der Waals surface area contributed by atoms with Gasteiger partial charge in [-0.05, 0) is 55.3 Å². The molecule has 1 saturated heterocycles. The Labute approximate surface area is 173 Å². The van der Waals surface area contributed by atoms with Crippen molar-refractivity contribution in [2.45, 2.75) is 26.4 Å². The lowest BCUT2D eigenvalue weighted by molar-refractivity contribution is -0.117. The zero-order valence-corrected chi connectivity index (χ0v) is 16.4. The molecule has 2 amide bonds. The molecule has 0 aliphatic carbocycles. The number of amides is 2. The Balaban J connectivity index is 1.67. The molecule has 6 nitrogen and oxygen atoms in total. The Kier molecular flexibility index (Phi) is 7.00. The van der Waals surface area contributed by atoms with Crippen molar-refractivity contribution in [3.05, 3.63) is 54.1 Å². The molecule has 2 aromatic rings. The van der Waals surface area contributed by atoms with Crippen LogP contribution < -0.4 is 19.7 Å². The van der Waals surface area contributed by atoms with Gasteiger partial charge in [0.1, 0.15) is 0 Å². The average Bonchev–Trinajstić information content (AvgIpc) is 3.14. The van der Waals surface area contributed by atoms with E-state index in [2.05, 4.69) is 10.1 Å². The summed E-state index contributed by atoms with van der Waals surface area (Å²) in [5, 5.41) is 2.75. The van der Waals surface area contributed by atoms with Gasteiger partial charge >= 0.3 is 6.61 Å². The third-order valence-electron chi connectivity index (χ3n) is 4.41. The van der Waals surface area contributed by atoms with Gasteiger partial charge in [-0.15, -0.1) is 0 Å².